The van der Waals surface area contributed by atoms with Gasteiger partial charge in [-0.25, -0.2) is 0 Å². The topological polar surface area (TPSA) is 46.3 Å². The lowest BCUT2D eigenvalue weighted by Crippen LogP contribution is -2.23. The van der Waals surface area contributed by atoms with E-state index in [0.717, 1.165) is 22.2 Å². The van der Waals surface area contributed by atoms with Gasteiger partial charge in [0, 0.05) is 23.6 Å². The summed E-state index contributed by atoms with van der Waals surface area (Å²) in [5.74, 6) is 0.753. The Hall–Kier alpha value is -1.66. The Kier molecular flexibility index (Phi) is 4.37. The zero-order valence-electron chi connectivity index (χ0n) is 13.1. The fourth-order valence-electron chi connectivity index (χ4n) is 1.96. The molecule has 0 unspecified atom stereocenters. The summed E-state index contributed by atoms with van der Waals surface area (Å²) in [5, 5.41) is 3.81. The summed E-state index contributed by atoms with van der Waals surface area (Å²) in [5.41, 5.74) is 2.02. The Bertz CT molecular complexity index is 620. The van der Waals surface area contributed by atoms with Crippen LogP contribution in [0, 0.1) is 0 Å². The maximum Gasteiger partial charge on any atom is 0.345 e. The molecule has 6 heteroatoms. The highest BCUT2D eigenvalue weighted by Crippen LogP contribution is 2.23. The number of aromatic nitrogens is 1. The second kappa shape index (κ2) is 7.21. The molecule has 0 saturated carbocycles. The third kappa shape index (κ3) is 3.91. The summed E-state index contributed by atoms with van der Waals surface area (Å²) in [6.07, 6.45) is 2.49. The van der Waals surface area contributed by atoms with E-state index in [2.05, 4.69) is 15.0 Å². The molecule has 4 nitrogen and oxygen atoms in total. The SMILES string of the molecule is [2H]C([2H])(CNCCc1c[nH]c2ccc(OC)cc12)OC(F)F. The maximum atomic E-state index is 12.0. The Morgan fingerprint density at radius 1 is 1.40 bits per heavy atom. The molecular weight excluding hydrogens is 266 g/mol. The minimum Gasteiger partial charge on any atom is -0.497 e. The molecule has 2 rings (SSSR count). The number of ether oxygens (including phenoxy) is 2. The van der Waals surface area contributed by atoms with Crippen molar-refractivity contribution < 1.29 is 21.0 Å². The van der Waals surface area contributed by atoms with Crippen molar-refractivity contribution in [2.24, 2.45) is 0 Å². The van der Waals surface area contributed by atoms with Crippen LogP contribution in [0.5, 0.6) is 5.75 Å². The van der Waals surface area contributed by atoms with Crippen molar-refractivity contribution in [3.05, 3.63) is 30.0 Å². The van der Waals surface area contributed by atoms with Crippen molar-refractivity contribution in [1.29, 1.82) is 0 Å². The van der Waals surface area contributed by atoms with Gasteiger partial charge in [0.05, 0.1) is 16.4 Å². The minimum absolute atomic E-state index is 0.303. The molecule has 0 saturated heterocycles. The maximum absolute atomic E-state index is 12.0. The van der Waals surface area contributed by atoms with Gasteiger partial charge in [-0.2, -0.15) is 8.78 Å². The van der Waals surface area contributed by atoms with Gasteiger partial charge in [-0.15, -0.1) is 0 Å². The van der Waals surface area contributed by atoms with Crippen molar-refractivity contribution in [2.45, 2.75) is 13.0 Å². The highest BCUT2D eigenvalue weighted by molar-refractivity contribution is 5.84. The Balaban J connectivity index is 1.89. The first-order valence-electron chi connectivity index (χ1n) is 7.22. The number of aromatic amines is 1. The predicted octanol–water partition coefficient (Wildman–Crippen LogP) is 2.55. The summed E-state index contributed by atoms with van der Waals surface area (Å²) in [6.45, 7) is -5.38. The lowest BCUT2D eigenvalue weighted by atomic mass is 10.1. The molecule has 1 heterocycles. The number of nitrogens with one attached hydrogen (secondary N) is 2. The van der Waals surface area contributed by atoms with Crippen LogP contribution < -0.4 is 10.1 Å². The second-order valence-electron chi connectivity index (χ2n) is 4.18. The first-order valence-corrected chi connectivity index (χ1v) is 6.22. The quantitative estimate of drug-likeness (QED) is 0.733. The Morgan fingerprint density at radius 2 is 2.25 bits per heavy atom. The fraction of sp³-hybridized carbons (Fsp3) is 0.429. The van der Waals surface area contributed by atoms with Crippen LogP contribution in [-0.2, 0) is 11.2 Å². The third-order valence-electron chi connectivity index (χ3n) is 2.92. The van der Waals surface area contributed by atoms with Crippen molar-refractivity contribution in [3.63, 3.8) is 0 Å². The molecule has 1 aromatic carbocycles. The molecule has 2 N–H and O–H groups in total. The summed E-state index contributed by atoms with van der Waals surface area (Å²) < 4.78 is 47.6. The van der Waals surface area contributed by atoms with Gasteiger partial charge in [0.1, 0.15) is 5.75 Å². The second-order valence-corrected chi connectivity index (χ2v) is 4.18. The van der Waals surface area contributed by atoms with Gasteiger partial charge in [-0.3, -0.25) is 0 Å². The number of halogens is 2. The number of H-pyrrole nitrogens is 1. The highest BCUT2D eigenvalue weighted by Gasteiger charge is 2.05. The molecular formula is C14H18F2N2O2. The summed E-state index contributed by atoms with van der Waals surface area (Å²) in [4.78, 5) is 3.14. The lowest BCUT2D eigenvalue weighted by Gasteiger charge is -2.05. The number of alkyl halides is 2. The standard InChI is InChI=1S/C14H18F2N2O2/c1-19-11-2-3-13-12(8-11)10(9-18-13)4-5-17-6-7-20-14(15)16/h2-3,8-9,14,17-18H,4-7H2,1H3/i7D2. The Morgan fingerprint density at radius 3 is 3.00 bits per heavy atom. The molecule has 0 aliphatic rings. The van der Waals surface area contributed by atoms with Gasteiger partial charge in [0.2, 0.25) is 0 Å². The number of hydrogen-bond acceptors (Lipinski definition) is 3. The van der Waals surface area contributed by atoms with Crippen molar-refractivity contribution in [2.75, 3.05) is 26.8 Å². The van der Waals surface area contributed by atoms with Gasteiger partial charge in [0.25, 0.3) is 0 Å². The average molecular weight is 286 g/mol. The minimum atomic E-state index is -3.13. The molecule has 0 atom stereocenters. The van der Waals surface area contributed by atoms with E-state index in [9.17, 15) is 8.78 Å². The average Bonchev–Trinajstić information content (AvgIpc) is 2.84. The molecule has 0 radical (unpaired) electrons. The fourth-order valence-corrected chi connectivity index (χ4v) is 1.96. The van der Waals surface area contributed by atoms with Crippen LogP contribution in [0.15, 0.2) is 24.4 Å². The van der Waals surface area contributed by atoms with Crippen molar-refractivity contribution in [1.82, 2.24) is 10.3 Å². The molecule has 0 fully saturated rings. The monoisotopic (exact) mass is 286 g/mol. The van der Waals surface area contributed by atoms with Gasteiger partial charge < -0.3 is 19.8 Å². The van der Waals surface area contributed by atoms with E-state index in [1.165, 1.54) is 0 Å². The number of methoxy groups -OCH3 is 1. The van der Waals surface area contributed by atoms with Gasteiger partial charge in [0.15, 0.2) is 0 Å². The number of hydrogen-bond donors (Lipinski definition) is 2. The third-order valence-corrected chi connectivity index (χ3v) is 2.92. The normalized spacial score (nSPS) is 13.6. The van der Waals surface area contributed by atoms with Crippen LogP contribution in [0.3, 0.4) is 0 Å². The van der Waals surface area contributed by atoms with E-state index in [1.54, 1.807) is 7.11 Å². The van der Waals surface area contributed by atoms with Gasteiger partial charge in [-0.1, -0.05) is 0 Å². The van der Waals surface area contributed by atoms with Crippen LogP contribution in [-0.4, -0.2) is 38.4 Å². The van der Waals surface area contributed by atoms with Crippen LogP contribution >= 0.6 is 0 Å². The van der Waals surface area contributed by atoms with E-state index < -0.39 is 13.2 Å². The largest absolute Gasteiger partial charge is 0.497 e. The van der Waals surface area contributed by atoms with E-state index in [0.29, 0.717) is 13.0 Å². The van der Waals surface area contributed by atoms with Crippen LogP contribution in [0.2, 0.25) is 0 Å². The van der Waals surface area contributed by atoms with Crippen LogP contribution in [0.25, 0.3) is 10.9 Å². The summed E-state index contributed by atoms with van der Waals surface area (Å²) in [7, 11) is 1.60. The molecule has 0 aliphatic heterocycles. The van der Waals surface area contributed by atoms with Crippen LogP contribution in [0.4, 0.5) is 8.78 Å². The van der Waals surface area contributed by atoms with Crippen molar-refractivity contribution in [3.8, 4) is 5.75 Å². The first-order chi connectivity index (χ1) is 10.4. The van der Waals surface area contributed by atoms with Crippen molar-refractivity contribution >= 4 is 10.9 Å². The molecule has 2 aromatic rings. The summed E-state index contributed by atoms with van der Waals surface area (Å²) in [6, 6.07) is 5.69. The van der Waals surface area contributed by atoms with Crippen LogP contribution in [0.1, 0.15) is 8.30 Å². The number of rotatable bonds is 8. The lowest BCUT2D eigenvalue weighted by molar-refractivity contribution is -0.127. The zero-order valence-corrected chi connectivity index (χ0v) is 11.1. The smallest absolute Gasteiger partial charge is 0.345 e. The molecule has 0 spiro atoms. The number of benzene rings is 1. The zero-order chi connectivity index (χ0) is 16.2. The summed E-state index contributed by atoms with van der Waals surface area (Å²) >= 11 is 0. The highest BCUT2D eigenvalue weighted by atomic mass is 19.3. The van der Waals surface area contributed by atoms with E-state index in [4.69, 9.17) is 7.48 Å². The Labute approximate surface area is 118 Å². The molecule has 110 valence electrons. The predicted molar refractivity (Wildman–Crippen MR) is 73.4 cm³/mol. The molecule has 0 amide bonds. The molecule has 20 heavy (non-hydrogen) atoms. The van der Waals surface area contributed by atoms with E-state index in [1.807, 2.05) is 24.4 Å². The van der Waals surface area contributed by atoms with E-state index in [-0.39, 0.29) is 6.54 Å². The number of fused-ring (bicyclic) bond motifs is 1. The molecule has 1 aromatic heterocycles. The first kappa shape index (κ1) is 12.1. The van der Waals surface area contributed by atoms with Gasteiger partial charge in [-0.05, 0) is 36.7 Å². The van der Waals surface area contributed by atoms with Gasteiger partial charge >= 0.3 is 6.61 Å². The van der Waals surface area contributed by atoms with E-state index >= 15 is 0 Å². The molecule has 0 aliphatic carbocycles. The molecule has 0 bridgehead atoms.